The Morgan fingerprint density at radius 1 is 1.03 bits per heavy atom. The topological polar surface area (TPSA) is 59.4 Å². The molecule has 1 aliphatic heterocycles. The van der Waals surface area contributed by atoms with Crippen LogP contribution < -0.4 is 10.2 Å². The molecule has 0 bridgehead atoms. The number of rotatable bonds is 6. The number of thiocarbonyl (C=S) groups is 1. The number of hydrogen-bond acceptors (Lipinski definition) is 4. The van der Waals surface area contributed by atoms with Crippen LogP contribution in [0.1, 0.15) is 46.3 Å². The van der Waals surface area contributed by atoms with Gasteiger partial charge in [0.05, 0.1) is 24.4 Å². The maximum absolute atomic E-state index is 12.2. The number of nitrogens with zero attached hydrogens (tertiary/aromatic N) is 3. The summed E-state index contributed by atoms with van der Waals surface area (Å²) >= 11 is 5.86. The summed E-state index contributed by atoms with van der Waals surface area (Å²) in [6.07, 6.45) is 4.78. The van der Waals surface area contributed by atoms with Crippen LogP contribution >= 0.6 is 12.2 Å². The molecule has 1 aliphatic rings. The highest BCUT2D eigenvalue weighted by Gasteiger charge is 2.42. The molecular formula is C28H26N4O2S. The second kappa shape index (κ2) is 9.72. The van der Waals surface area contributed by atoms with Crippen molar-refractivity contribution in [2.24, 2.45) is 0 Å². The lowest BCUT2D eigenvalue weighted by molar-refractivity contribution is 0.0600. The number of benzene rings is 2. The highest BCUT2D eigenvalue weighted by Crippen LogP contribution is 2.42. The first-order chi connectivity index (χ1) is 17.1. The van der Waals surface area contributed by atoms with E-state index in [9.17, 15) is 4.79 Å². The zero-order chi connectivity index (χ0) is 24.4. The molecule has 2 atom stereocenters. The lowest BCUT2D eigenvalue weighted by Crippen LogP contribution is -2.30. The van der Waals surface area contributed by atoms with Gasteiger partial charge in [-0.25, -0.2) is 4.79 Å². The number of esters is 1. The van der Waals surface area contributed by atoms with Gasteiger partial charge in [-0.15, -0.1) is 0 Å². The number of nitrogens with one attached hydrogen (secondary N) is 1. The molecule has 7 heteroatoms. The summed E-state index contributed by atoms with van der Waals surface area (Å²) in [7, 11) is 1.39. The van der Waals surface area contributed by atoms with Crippen LogP contribution in [-0.2, 0) is 11.2 Å². The molecule has 3 heterocycles. The predicted octanol–water partition coefficient (Wildman–Crippen LogP) is 5.40. The van der Waals surface area contributed by atoms with Crippen molar-refractivity contribution in [2.45, 2.75) is 25.4 Å². The molecule has 0 aliphatic carbocycles. The number of carbonyl (C=O) groups is 1. The fraction of sp³-hybridized carbons (Fsp3) is 0.179. The molecule has 1 saturated heterocycles. The van der Waals surface area contributed by atoms with Gasteiger partial charge >= 0.3 is 5.97 Å². The maximum atomic E-state index is 12.2. The minimum absolute atomic E-state index is 0.160. The van der Waals surface area contributed by atoms with E-state index < -0.39 is 0 Å². The molecule has 2 aromatic carbocycles. The van der Waals surface area contributed by atoms with Crippen LogP contribution in [0.5, 0.6) is 0 Å². The molecule has 0 spiro atoms. The van der Waals surface area contributed by atoms with E-state index in [0.29, 0.717) is 10.7 Å². The van der Waals surface area contributed by atoms with Crippen LogP contribution in [-0.4, -0.2) is 27.7 Å². The molecule has 6 nitrogen and oxygen atoms in total. The van der Waals surface area contributed by atoms with Crippen molar-refractivity contribution in [3.63, 3.8) is 0 Å². The van der Waals surface area contributed by atoms with E-state index in [2.05, 4.69) is 57.0 Å². The fourth-order valence-corrected chi connectivity index (χ4v) is 4.94. The highest BCUT2D eigenvalue weighted by molar-refractivity contribution is 7.80. The van der Waals surface area contributed by atoms with Crippen molar-refractivity contribution < 1.29 is 9.53 Å². The number of ether oxygens (including phenoxy) is 1. The fourth-order valence-electron chi connectivity index (χ4n) is 4.60. The number of aryl methyl sites for hydroxylation is 1. The summed E-state index contributed by atoms with van der Waals surface area (Å²) in [6.45, 7) is 2.15. The largest absolute Gasteiger partial charge is 0.465 e. The Morgan fingerprint density at radius 3 is 2.57 bits per heavy atom. The number of methoxy groups -OCH3 is 1. The standard InChI is InChI=1S/C28H26N4O2S/c1-3-19-12-14-21(15-13-19)32-26(25(30-28(32)35)23-10-4-5-16-29-23)24-11-7-17-31(24)22-9-6-8-20(18-22)27(33)34-2/h4-18,25-26H,3H2,1-2H3,(H,30,35). The van der Waals surface area contributed by atoms with E-state index in [4.69, 9.17) is 17.0 Å². The van der Waals surface area contributed by atoms with E-state index in [1.54, 1.807) is 12.3 Å². The molecule has 4 aromatic rings. The van der Waals surface area contributed by atoms with Crippen molar-refractivity contribution >= 4 is 29.0 Å². The number of aromatic nitrogens is 2. The van der Waals surface area contributed by atoms with Crippen LogP contribution in [0.3, 0.4) is 0 Å². The Bertz CT molecular complexity index is 1350. The van der Waals surface area contributed by atoms with Gasteiger partial charge in [-0.1, -0.05) is 31.2 Å². The first kappa shape index (κ1) is 22.8. The maximum Gasteiger partial charge on any atom is 0.337 e. The Kier molecular flexibility index (Phi) is 6.33. The Balaban J connectivity index is 1.64. The van der Waals surface area contributed by atoms with E-state index in [-0.39, 0.29) is 18.1 Å². The van der Waals surface area contributed by atoms with E-state index >= 15 is 0 Å². The molecule has 0 radical (unpaired) electrons. The second-order valence-electron chi connectivity index (χ2n) is 8.36. The Hall–Kier alpha value is -3.97. The summed E-state index contributed by atoms with van der Waals surface area (Å²) in [5.41, 5.74) is 5.58. The smallest absolute Gasteiger partial charge is 0.337 e. The summed E-state index contributed by atoms with van der Waals surface area (Å²) in [4.78, 5) is 19.0. The molecule has 2 aromatic heterocycles. The van der Waals surface area contributed by atoms with Gasteiger partial charge in [0.25, 0.3) is 0 Å². The average Bonchev–Trinajstić information content (AvgIpc) is 3.53. The summed E-state index contributed by atoms with van der Waals surface area (Å²) in [6, 6.07) is 25.6. The molecule has 2 unspecified atom stereocenters. The summed E-state index contributed by atoms with van der Waals surface area (Å²) < 4.78 is 7.02. The quantitative estimate of drug-likeness (QED) is 0.293. The van der Waals surface area contributed by atoms with Gasteiger partial charge in [-0.05, 0) is 78.8 Å². The number of anilines is 1. The van der Waals surface area contributed by atoms with Gasteiger partial charge in [0.1, 0.15) is 6.04 Å². The van der Waals surface area contributed by atoms with E-state index in [1.165, 1.54) is 12.7 Å². The summed E-state index contributed by atoms with van der Waals surface area (Å²) in [5.74, 6) is -0.367. The van der Waals surface area contributed by atoms with Crippen molar-refractivity contribution in [2.75, 3.05) is 12.0 Å². The molecule has 5 rings (SSSR count). The molecule has 176 valence electrons. The first-order valence-corrected chi connectivity index (χ1v) is 12.0. The van der Waals surface area contributed by atoms with Crippen LogP contribution in [0.2, 0.25) is 0 Å². The zero-order valence-electron chi connectivity index (χ0n) is 19.6. The monoisotopic (exact) mass is 482 g/mol. The van der Waals surface area contributed by atoms with Crippen molar-refractivity contribution in [3.05, 3.63) is 114 Å². The van der Waals surface area contributed by atoms with E-state index in [1.807, 2.05) is 48.7 Å². The summed E-state index contributed by atoms with van der Waals surface area (Å²) in [5, 5.41) is 4.15. The number of carbonyl (C=O) groups excluding carboxylic acids is 1. The van der Waals surface area contributed by atoms with Crippen molar-refractivity contribution in [1.82, 2.24) is 14.9 Å². The van der Waals surface area contributed by atoms with Crippen LogP contribution in [0.15, 0.2) is 91.3 Å². The second-order valence-corrected chi connectivity index (χ2v) is 8.75. The normalized spacial score (nSPS) is 17.3. The number of pyridine rings is 1. The molecule has 1 N–H and O–H groups in total. The van der Waals surface area contributed by atoms with Gasteiger partial charge in [-0.2, -0.15) is 0 Å². The predicted molar refractivity (Wildman–Crippen MR) is 141 cm³/mol. The first-order valence-electron chi connectivity index (χ1n) is 11.6. The molecule has 0 amide bonds. The van der Waals surface area contributed by atoms with Gasteiger partial charge in [0.15, 0.2) is 5.11 Å². The lowest BCUT2D eigenvalue weighted by Gasteiger charge is -2.29. The van der Waals surface area contributed by atoms with Gasteiger partial charge in [0, 0.05) is 29.5 Å². The SMILES string of the molecule is CCc1ccc(N2C(=S)NC(c3ccccn3)C2c2cccn2-c2cccc(C(=O)OC)c2)cc1. The molecule has 35 heavy (non-hydrogen) atoms. The third-order valence-electron chi connectivity index (χ3n) is 6.35. The molecule has 1 fully saturated rings. The number of hydrogen-bond donors (Lipinski definition) is 1. The van der Waals surface area contributed by atoms with Gasteiger partial charge < -0.3 is 19.5 Å². The van der Waals surface area contributed by atoms with E-state index in [0.717, 1.165) is 29.2 Å². The van der Waals surface area contributed by atoms with Crippen LogP contribution in [0.25, 0.3) is 5.69 Å². The third-order valence-corrected chi connectivity index (χ3v) is 6.66. The lowest BCUT2D eigenvalue weighted by atomic mass is 10.0. The third kappa shape index (κ3) is 4.31. The van der Waals surface area contributed by atoms with Crippen molar-refractivity contribution in [3.8, 4) is 5.69 Å². The Morgan fingerprint density at radius 2 is 1.86 bits per heavy atom. The van der Waals surface area contributed by atoms with Gasteiger partial charge in [0.2, 0.25) is 0 Å². The minimum Gasteiger partial charge on any atom is -0.465 e. The highest BCUT2D eigenvalue weighted by atomic mass is 32.1. The van der Waals surface area contributed by atoms with Gasteiger partial charge in [-0.3, -0.25) is 4.98 Å². The van der Waals surface area contributed by atoms with Crippen LogP contribution in [0.4, 0.5) is 5.69 Å². The van der Waals surface area contributed by atoms with Crippen LogP contribution in [0, 0.1) is 0 Å². The van der Waals surface area contributed by atoms with Crippen molar-refractivity contribution in [1.29, 1.82) is 0 Å². The molecule has 0 saturated carbocycles. The average molecular weight is 483 g/mol. The molecular weight excluding hydrogens is 456 g/mol. The zero-order valence-corrected chi connectivity index (χ0v) is 20.4. The minimum atomic E-state index is -0.367. The Labute approximate surface area is 210 Å².